The number of ether oxygens (including phenoxy) is 1. The van der Waals surface area contributed by atoms with Gasteiger partial charge in [0.2, 0.25) is 11.8 Å². The van der Waals surface area contributed by atoms with E-state index < -0.39 is 51.7 Å². The summed E-state index contributed by atoms with van der Waals surface area (Å²) in [6, 6.07) is 4.24. The van der Waals surface area contributed by atoms with Crippen LogP contribution in [0.3, 0.4) is 0 Å². The molecular formula is C30H40ClN5O7S. The molecule has 1 aromatic carbocycles. The third kappa shape index (κ3) is 7.84. The minimum atomic E-state index is -4.33. The maximum absolute atomic E-state index is 13.8. The van der Waals surface area contributed by atoms with Crippen LogP contribution in [0.2, 0.25) is 5.02 Å². The summed E-state index contributed by atoms with van der Waals surface area (Å²) in [5.41, 5.74) is -1.27. The average Bonchev–Trinajstić information content (AvgIpc) is 3.31. The summed E-state index contributed by atoms with van der Waals surface area (Å²) in [5.74, 6) is -2.17. The van der Waals surface area contributed by atoms with Crippen molar-refractivity contribution in [3.63, 3.8) is 0 Å². The van der Waals surface area contributed by atoms with Gasteiger partial charge in [-0.2, -0.15) is 8.42 Å². The number of nitrogens with one attached hydrogen (secondary N) is 4. The highest BCUT2D eigenvalue weighted by molar-refractivity contribution is 7.91. The third-order valence-electron chi connectivity index (χ3n) is 8.83. The Hall–Kier alpha value is -3.32. The van der Waals surface area contributed by atoms with Crippen LogP contribution in [0.1, 0.15) is 77.0 Å². The summed E-state index contributed by atoms with van der Waals surface area (Å²) in [5, 5.41) is 6.00. The van der Waals surface area contributed by atoms with Gasteiger partial charge in [0.15, 0.2) is 0 Å². The lowest BCUT2D eigenvalue weighted by Gasteiger charge is -2.30. The molecule has 12 nitrogen and oxygen atoms in total. The van der Waals surface area contributed by atoms with Crippen LogP contribution >= 0.6 is 11.6 Å². The highest BCUT2D eigenvalue weighted by atomic mass is 35.5. The number of amides is 4. The van der Waals surface area contributed by atoms with Gasteiger partial charge in [0.1, 0.15) is 23.7 Å². The molecule has 3 fully saturated rings. The van der Waals surface area contributed by atoms with Crippen molar-refractivity contribution in [3.8, 4) is 0 Å². The summed E-state index contributed by atoms with van der Waals surface area (Å²) in [6.07, 6.45) is 11.3. The lowest BCUT2D eigenvalue weighted by atomic mass is 10.1. The van der Waals surface area contributed by atoms with Crippen molar-refractivity contribution in [1.29, 1.82) is 0 Å². The molecule has 4 amide bonds. The number of rotatable bonds is 6. The Kier molecular flexibility index (Phi) is 10.0. The third-order valence-corrected chi connectivity index (χ3v) is 10.0. The van der Waals surface area contributed by atoms with Crippen LogP contribution in [0.15, 0.2) is 36.4 Å². The summed E-state index contributed by atoms with van der Waals surface area (Å²) in [4.78, 5) is 55.1. The second kappa shape index (κ2) is 13.8. The Morgan fingerprint density at radius 1 is 0.977 bits per heavy atom. The molecule has 4 atom stereocenters. The van der Waals surface area contributed by atoms with Gasteiger partial charge >= 0.3 is 16.3 Å². The zero-order valence-electron chi connectivity index (χ0n) is 24.6. The predicted octanol–water partition coefficient (Wildman–Crippen LogP) is 3.54. The predicted molar refractivity (Wildman–Crippen MR) is 164 cm³/mol. The molecule has 0 bridgehead atoms. The number of carbonyl (C=O) groups is 4. The molecule has 2 aliphatic heterocycles. The van der Waals surface area contributed by atoms with Gasteiger partial charge in [-0.3, -0.25) is 19.1 Å². The van der Waals surface area contributed by atoms with Gasteiger partial charge in [0.25, 0.3) is 5.91 Å². The Labute approximate surface area is 262 Å². The van der Waals surface area contributed by atoms with Crippen molar-refractivity contribution in [2.75, 3.05) is 11.3 Å². The lowest BCUT2D eigenvalue weighted by molar-refractivity contribution is -0.141. The van der Waals surface area contributed by atoms with E-state index in [2.05, 4.69) is 20.1 Å². The molecule has 240 valence electrons. The van der Waals surface area contributed by atoms with Gasteiger partial charge in [-0.15, -0.1) is 0 Å². The molecule has 0 unspecified atom stereocenters. The molecule has 2 heterocycles. The highest BCUT2D eigenvalue weighted by Gasteiger charge is 2.61. The number of hydrogen-bond acceptors (Lipinski definition) is 7. The minimum Gasteiger partial charge on any atom is -0.446 e. The second-order valence-electron chi connectivity index (χ2n) is 12.1. The zero-order chi connectivity index (χ0) is 31.3. The van der Waals surface area contributed by atoms with Crippen LogP contribution in [0, 0.1) is 5.92 Å². The van der Waals surface area contributed by atoms with E-state index in [1.165, 1.54) is 29.2 Å². The maximum Gasteiger partial charge on any atom is 0.408 e. The van der Waals surface area contributed by atoms with Gasteiger partial charge in [0, 0.05) is 17.5 Å². The smallest absolute Gasteiger partial charge is 0.408 e. The van der Waals surface area contributed by atoms with Crippen molar-refractivity contribution < 1.29 is 32.3 Å². The van der Waals surface area contributed by atoms with E-state index in [0.29, 0.717) is 43.7 Å². The Morgan fingerprint density at radius 3 is 2.45 bits per heavy atom. The molecule has 2 aliphatic carbocycles. The van der Waals surface area contributed by atoms with E-state index in [0.717, 1.165) is 38.5 Å². The summed E-state index contributed by atoms with van der Waals surface area (Å²) < 4.78 is 35.6. The molecule has 2 saturated carbocycles. The van der Waals surface area contributed by atoms with Crippen LogP contribution in [0.5, 0.6) is 0 Å². The van der Waals surface area contributed by atoms with Gasteiger partial charge in [-0.25, -0.2) is 9.52 Å². The Morgan fingerprint density at radius 2 is 1.70 bits per heavy atom. The fraction of sp³-hybridized carbons (Fsp3) is 0.600. The number of benzene rings is 1. The van der Waals surface area contributed by atoms with E-state index in [4.69, 9.17) is 16.3 Å². The first-order chi connectivity index (χ1) is 21.1. The van der Waals surface area contributed by atoms with Crippen LogP contribution in [0.25, 0.3) is 0 Å². The molecule has 14 heteroatoms. The topological polar surface area (TPSA) is 163 Å². The van der Waals surface area contributed by atoms with Gasteiger partial charge in [-0.05, 0) is 88.5 Å². The van der Waals surface area contributed by atoms with Gasteiger partial charge < -0.3 is 20.3 Å². The molecule has 0 radical (unpaired) electrons. The van der Waals surface area contributed by atoms with Crippen LogP contribution in [-0.2, 0) is 29.3 Å². The quantitative estimate of drug-likeness (QED) is 0.343. The largest absolute Gasteiger partial charge is 0.446 e. The molecule has 1 aromatic rings. The van der Waals surface area contributed by atoms with Gasteiger partial charge in [0.05, 0.1) is 5.69 Å². The molecular weight excluding hydrogens is 610 g/mol. The minimum absolute atomic E-state index is 0.150. The molecule has 5 rings (SSSR count). The van der Waals surface area contributed by atoms with Crippen molar-refractivity contribution in [1.82, 2.24) is 20.3 Å². The van der Waals surface area contributed by atoms with Crippen molar-refractivity contribution >= 4 is 51.3 Å². The normalized spacial score (nSPS) is 28.8. The van der Waals surface area contributed by atoms with E-state index in [1.54, 1.807) is 0 Å². The molecule has 4 N–H and O–H groups in total. The first kappa shape index (κ1) is 32.1. The SMILES string of the molecule is O=C(N[C@H]1CCCCC/C=C\[C@H]2C[C@@]2(C(=O)NS(=O)(=O)Nc2ccc(Cl)cc2)NC(=O)[C@@H]2CCCN2C1=O)OC1CCCC1. The number of anilines is 1. The molecule has 4 aliphatic rings. The van der Waals surface area contributed by atoms with Gasteiger partial charge in [-0.1, -0.05) is 36.6 Å². The number of halogens is 1. The molecule has 0 spiro atoms. The maximum atomic E-state index is 13.8. The second-order valence-corrected chi connectivity index (χ2v) is 13.9. The average molecular weight is 650 g/mol. The molecule has 0 aromatic heterocycles. The Balaban J connectivity index is 1.31. The number of alkyl carbamates (subject to hydrolysis) is 1. The number of allylic oxidation sites excluding steroid dienone is 1. The molecule has 1 saturated heterocycles. The van der Waals surface area contributed by atoms with Crippen molar-refractivity contribution in [2.45, 2.75) is 101 Å². The number of fused-ring (bicyclic) bond motifs is 2. The number of nitrogens with zero attached hydrogens (tertiary/aromatic N) is 1. The van der Waals surface area contributed by atoms with E-state index in [9.17, 15) is 27.6 Å². The van der Waals surface area contributed by atoms with E-state index >= 15 is 0 Å². The number of hydrogen-bond donors (Lipinski definition) is 4. The lowest BCUT2D eigenvalue weighted by Crippen LogP contribution is -2.58. The van der Waals surface area contributed by atoms with Crippen LogP contribution in [-0.4, -0.2) is 67.4 Å². The van der Waals surface area contributed by atoms with Crippen LogP contribution < -0.4 is 20.1 Å². The van der Waals surface area contributed by atoms with Crippen molar-refractivity contribution in [3.05, 3.63) is 41.4 Å². The van der Waals surface area contributed by atoms with E-state index in [-0.39, 0.29) is 24.1 Å². The van der Waals surface area contributed by atoms with E-state index in [1.807, 2.05) is 12.2 Å². The summed E-state index contributed by atoms with van der Waals surface area (Å²) in [6.45, 7) is 0.328. The summed E-state index contributed by atoms with van der Waals surface area (Å²) in [7, 11) is -4.33. The first-order valence-electron chi connectivity index (χ1n) is 15.4. The first-order valence-corrected chi connectivity index (χ1v) is 17.3. The summed E-state index contributed by atoms with van der Waals surface area (Å²) >= 11 is 5.88. The van der Waals surface area contributed by atoms with Crippen LogP contribution in [0.4, 0.5) is 10.5 Å². The number of carbonyl (C=O) groups excluding carboxylic acids is 4. The molecule has 44 heavy (non-hydrogen) atoms. The standard InChI is InChI=1S/C30H40ClN5O7S/c31-21-14-16-22(17-15-21)34-44(41,42)35-28(39)30-19-20(30)9-4-2-1-3-5-12-24(32-29(40)43-23-10-6-7-11-23)27(38)36-18-8-13-25(36)26(37)33-30/h4,9,14-17,20,23-25,34H,1-3,5-8,10-13,18-19H2,(H,32,40)(H,33,37)(H,35,39)/b9-4-/t20-,24-,25-,30+/m0/s1. The Bertz CT molecular complexity index is 1380. The highest BCUT2D eigenvalue weighted by Crippen LogP contribution is 2.45. The monoisotopic (exact) mass is 649 g/mol. The van der Waals surface area contributed by atoms with Crippen molar-refractivity contribution in [2.24, 2.45) is 5.92 Å². The fourth-order valence-corrected chi connectivity index (χ4v) is 7.39. The zero-order valence-corrected chi connectivity index (χ0v) is 26.1. The fourth-order valence-electron chi connectivity index (χ4n) is 6.34.